The quantitative estimate of drug-likeness (QED) is 0.371. The van der Waals surface area contributed by atoms with Gasteiger partial charge in [0.2, 0.25) is 6.10 Å². The molecular formula is C16H20N4O4. The van der Waals surface area contributed by atoms with Gasteiger partial charge in [0.15, 0.2) is 0 Å². The van der Waals surface area contributed by atoms with E-state index in [1.165, 1.54) is 6.92 Å². The van der Waals surface area contributed by atoms with Crippen LogP contribution in [-0.4, -0.2) is 37.7 Å². The van der Waals surface area contributed by atoms with Crippen molar-refractivity contribution in [2.45, 2.75) is 25.6 Å². The molecule has 1 aliphatic heterocycles. The van der Waals surface area contributed by atoms with Gasteiger partial charge in [-0.25, -0.2) is 4.79 Å². The van der Waals surface area contributed by atoms with Gasteiger partial charge in [0.1, 0.15) is 6.10 Å². The first-order chi connectivity index (χ1) is 11.6. The Bertz CT molecular complexity index is 616. The lowest BCUT2D eigenvalue weighted by Gasteiger charge is -2.31. The van der Waals surface area contributed by atoms with E-state index in [9.17, 15) is 9.59 Å². The highest BCUT2D eigenvalue weighted by Crippen LogP contribution is 2.23. The molecule has 0 saturated carbocycles. The molecule has 1 N–H and O–H groups in total. The average Bonchev–Trinajstić information content (AvgIpc) is 2.59. The normalized spacial score (nSPS) is 21.2. The van der Waals surface area contributed by atoms with Crippen molar-refractivity contribution >= 4 is 11.9 Å². The van der Waals surface area contributed by atoms with Crippen molar-refractivity contribution in [3.63, 3.8) is 0 Å². The molecule has 0 radical (unpaired) electrons. The van der Waals surface area contributed by atoms with Crippen molar-refractivity contribution in [2.24, 2.45) is 11.0 Å². The molecule has 8 heteroatoms. The summed E-state index contributed by atoms with van der Waals surface area (Å²) in [6.07, 6.45) is -0.801. The van der Waals surface area contributed by atoms with Gasteiger partial charge >= 0.3 is 11.9 Å². The Morgan fingerprint density at radius 1 is 1.42 bits per heavy atom. The smallest absolute Gasteiger partial charge is 0.352 e. The largest absolute Gasteiger partial charge is 0.458 e. The van der Waals surface area contributed by atoms with E-state index in [1.54, 1.807) is 30.3 Å². The van der Waals surface area contributed by atoms with Crippen LogP contribution < -0.4 is 5.32 Å². The third-order valence-electron chi connectivity index (χ3n) is 3.81. The second-order valence-electron chi connectivity index (χ2n) is 5.54. The number of carbonyl (C=O) groups is 2. The summed E-state index contributed by atoms with van der Waals surface area (Å²) in [5.41, 5.74) is 9.03. The maximum Gasteiger partial charge on any atom is 0.352 e. The molecule has 0 amide bonds. The number of hydrogen-bond donors (Lipinski definition) is 1. The van der Waals surface area contributed by atoms with Crippen LogP contribution >= 0.6 is 0 Å². The van der Waals surface area contributed by atoms with E-state index in [0.29, 0.717) is 12.1 Å². The first-order valence-corrected chi connectivity index (χ1v) is 7.76. The number of piperidine rings is 1. The lowest BCUT2D eigenvalue weighted by Crippen LogP contribution is -2.45. The highest BCUT2D eigenvalue weighted by atomic mass is 16.6. The molecule has 1 aromatic rings. The van der Waals surface area contributed by atoms with Crippen molar-refractivity contribution in [3.05, 3.63) is 46.3 Å². The van der Waals surface area contributed by atoms with Gasteiger partial charge < -0.3 is 14.8 Å². The van der Waals surface area contributed by atoms with Gasteiger partial charge in [-0.15, -0.1) is 0 Å². The molecule has 3 atom stereocenters. The predicted octanol–water partition coefficient (Wildman–Crippen LogP) is 2.12. The van der Waals surface area contributed by atoms with E-state index < -0.39 is 24.1 Å². The Labute approximate surface area is 139 Å². The lowest BCUT2D eigenvalue weighted by molar-refractivity contribution is -0.173. The van der Waals surface area contributed by atoms with E-state index in [1.807, 2.05) is 0 Å². The second-order valence-corrected chi connectivity index (χ2v) is 5.54. The summed E-state index contributed by atoms with van der Waals surface area (Å²) in [6, 6.07) is 8.72. The third kappa shape index (κ3) is 4.97. The maximum absolute atomic E-state index is 12.5. The molecule has 1 saturated heterocycles. The summed E-state index contributed by atoms with van der Waals surface area (Å²) < 4.78 is 10.7. The predicted molar refractivity (Wildman–Crippen MR) is 85.8 cm³/mol. The number of nitrogens with one attached hydrogen (secondary N) is 1. The molecule has 0 spiro atoms. The highest BCUT2D eigenvalue weighted by Gasteiger charge is 2.32. The van der Waals surface area contributed by atoms with Crippen LogP contribution in [0.25, 0.3) is 10.4 Å². The first kappa shape index (κ1) is 17.8. The Morgan fingerprint density at radius 2 is 2.17 bits per heavy atom. The number of benzene rings is 1. The van der Waals surface area contributed by atoms with Gasteiger partial charge in [-0.05, 0) is 18.5 Å². The molecule has 1 fully saturated rings. The van der Waals surface area contributed by atoms with Crippen LogP contribution in [0.2, 0.25) is 0 Å². The molecule has 0 aromatic heterocycles. The third-order valence-corrected chi connectivity index (χ3v) is 3.81. The van der Waals surface area contributed by atoms with Gasteiger partial charge in [-0.3, -0.25) is 4.79 Å². The SMILES string of the molecule is CC(=O)O[C@@H](C(=O)O[C@@H]1CNCCC1CN=[N+]=[N-])c1ccccc1. The molecule has 0 bridgehead atoms. The minimum Gasteiger partial charge on any atom is -0.458 e. The van der Waals surface area contributed by atoms with Crippen LogP contribution in [0.4, 0.5) is 0 Å². The van der Waals surface area contributed by atoms with Crippen LogP contribution in [0.15, 0.2) is 35.4 Å². The van der Waals surface area contributed by atoms with E-state index in [2.05, 4.69) is 15.3 Å². The van der Waals surface area contributed by atoms with Gasteiger partial charge in [0.05, 0.1) is 0 Å². The van der Waals surface area contributed by atoms with E-state index in [-0.39, 0.29) is 12.5 Å². The number of ether oxygens (including phenoxy) is 2. The zero-order valence-corrected chi connectivity index (χ0v) is 13.4. The maximum atomic E-state index is 12.5. The van der Waals surface area contributed by atoms with Crippen molar-refractivity contribution < 1.29 is 19.1 Å². The molecule has 24 heavy (non-hydrogen) atoms. The van der Waals surface area contributed by atoms with Crippen molar-refractivity contribution in [2.75, 3.05) is 19.6 Å². The number of azide groups is 1. The average molecular weight is 332 g/mol. The monoisotopic (exact) mass is 332 g/mol. The number of hydrogen-bond acceptors (Lipinski definition) is 6. The number of carbonyl (C=O) groups excluding carboxylic acids is 2. The molecule has 1 unspecified atom stereocenters. The molecule has 128 valence electrons. The Hall–Kier alpha value is -2.57. The summed E-state index contributed by atoms with van der Waals surface area (Å²) >= 11 is 0. The van der Waals surface area contributed by atoms with Gasteiger partial charge in [-0.1, -0.05) is 35.4 Å². The zero-order chi connectivity index (χ0) is 17.4. The van der Waals surface area contributed by atoms with Gasteiger partial charge in [0.25, 0.3) is 0 Å². The Morgan fingerprint density at radius 3 is 2.83 bits per heavy atom. The number of esters is 2. The van der Waals surface area contributed by atoms with Crippen molar-refractivity contribution in [1.29, 1.82) is 0 Å². The molecule has 1 aliphatic rings. The molecule has 8 nitrogen and oxygen atoms in total. The summed E-state index contributed by atoms with van der Waals surface area (Å²) in [5, 5.41) is 6.73. The highest BCUT2D eigenvalue weighted by molar-refractivity contribution is 5.80. The molecular weight excluding hydrogens is 312 g/mol. The number of rotatable bonds is 6. The zero-order valence-electron chi connectivity index (χ0n) is 13.4. The Balaban J connectivity index is 2.10. The van der Waals surface area contributed by atoms with Crippen molar-refractivity contribution in [1.82, 2.24) is 5.32 Å². The van der Waals surface area contributed by atoms with Crippen LogP contribution in [0.3, 0.4) is 0 Å². The standard InChI is InChI=1S/C16H20N4O4/c1-11(21)23-15(12-5-3-2-4-6-12)16(22)24-14-10-18-8-7-13(14)9-19-20-17/h2-6,13-15,18H,7-10H2,1H3/t13?,14-,15-/m1/s1. The fourth-order valence-electron chi connectivity index (χ4n) is 2.63. The van der Waals surface area contributed by atoms with Crippen molar-refractivity contribution in [3.8, 4) is 0 Å². The van der Waals surface area contributed by atoms with Gasteiger partial charge in [-0.2, -0.15) is 0 Å². The molecule has 1 heterocycles. The van der Waals surface area contributed by atoms with E-state index in [0.717, 1.165) is 13.0 Å². The van der Waals surface area contributed by atoms with Crippen LogP contribution in [0.5, 0.6) is 0 Å². The fraction of sp³-hybridized carbons (Fsp3) is 0.500. The van der Waals surface area contributed by atoms with Crippen LogP contribution in [0, 0.1) is 5.92 Å². The number of nitrogens with zero attached hydrogens (tertiary/aromatic N) is 3. The minimum atomic E-state index is -1.11. The minimum absolute atomic E-state index is 0.0557. The Kier molecular flexibility index (Phi) is 6.60. The van der Waals surface area contributed by atoms with Crippen LogP contribution in [-0.2, 0) is 19.1 Å². The molecule has 1 aromatic carbocycles. The fourth-order valence-corrected chi connectivity index (χ4v) is 2.63. The molecule has 2 rings (SSSR count). The van der Waals surface area contributed by atoms with Gasteiger partial charge in [0, 0.05) is 36.4 Å². The van der Waals surface area contributed by atoms with E-state index >= 15 is 0 Å². The first-order valence-electron chi connectivity index (χ1n) is 7.76. The topological polar surface area (TPSA) is 113 Å². The second kappa shape index (κ2) is 8.90. The summed E-state index contributed by atoms with van der Waals surface area (Å²) in [4.78, 5) is 26.6. The van der Waals surface area contributed by atoms with Crippen LogP contribution in [0.1, 0.15) is 25.0 Å². The van der Waals surface area contributed by atoms with E-state index in [4.69, 9.17) is 15.0 Å². The summed E-state index contributed by atoms with van der Waals surface area (Å²) in [6.45, 7) is 2.75. The lowest BCUT2D eigenvalue weighted by atomic mass is 9.95. The summed E-state index contributed by atoms with van der Waals surface area (Å²) in [5.74, 6) is -1.25. The molecule has 0 aliphatic carbocycles. The summed E-state index contributed by atoms with van der Waals surface area (Å²) in [7, 11) is 0.